The highest BCUT2D eigenvalue weighted by molar-refractivity contribution is 5.91. The van der Waals surface area contributed by atoms with Crippen LogP contribution in [-0.4, -0.2) is 42.1 Å². The summed E-state index contributed by atoms with van der Waals surface area (Å²) in [6.45, 7) is 5.15. The number of aromatic nitrogens is 2. The number of rotatable bonds is 7. The first-order chi connectivity index (χ1) is 12.7. The Labute approximate surface area is 154 Å². The van der Waals surface area contributed by atoms with Crippen molar-refractivity contribution in [2.75, 3.05) is 36.4 Å². The third kappa shape index (κ3) is 5.31. The Morgan fingerprint density at radius 3 is 2.69 bits per heavy atom. The molecule has 1 fully saturated rings. The van der Waals surface area contributed by atoms with Crippen molar-refractivity contribution in [3.8, 4) is 0 Å². The van der Waals surface area contributed by atoms with Crippen LogP contribution in [0.3, 0.4) is 0 Å². The van der Waals surface area contributed by atoms with Crippen LogP contribution < -0.4 is 15.5 Å². The van der Waals surface area contributed by atoms with Crippen molar-refractivity contribution in [3.05, 3.63) is 53.9 Å². The van der Waals surface area contributed by atoms with Gasteiger partial charge in [0.1, 0.15) is 17.5 Å². The number of hydrogen-bond donors (Lipinski definition) is 2. The molecule has 136 valence electrons. The molecule has 2 N–H and O–H groups in total. The number of nitrogens with zero attached hydrogens (tertiary/aromatic N) is 3. The Hall–Kier alpha value is -2.89. The lowest BCUT2D eigenvalue weighted by atomic mass is 10.2. The molecule has 0 saturated carbocycles. The maximum atomic E-state index is 11.9. The molecule has 0 atom stereocenters. The number of amides is 1. The van der Waals surface area contributed by atoms with Gasteiger partial charge in [0.2, 0.25) is 5.91 Å². The highest BCUT2D eigenvalue weighted by atomic mass is 16.1. The van der Waals surface area contributed by atoms with Crippen LogP contribution >= 0.6 is 0 Å². The summed E-state index contributed by atoms with van der Waals surface area (Å²) >= 11 is 0. The number of aryl methyl sites for hydroxylation is 1. The van der Waals surface area contributed by atoms with Crippen LogP contribution in [0.15, 0.2) is 42.5 Å². The third-order valence-electron chi connectivity index (χ3n) is 4.21. The number of anilines is 2. The summed E-state index contributed by atoms with van der Waals surface area (Å²) in [6, 6.07) is 11.7. The predicted octanol–water partition coefficient (Wildman–Crippen LogP) is 2.63. The molecular weight excluding hydrogens is 326 g/mol. The second-order valence-electron chi connectivity index (χ2n) is 6.31. The molecule has 2 heterocycles. The quantitative estimate of drug-likeness (QED) is 0.593. The third-order valence-corrected chi connectivity index (χ3v) is 4.21. The summed E-state index contributed by atoms with van der Waals surface area (Å²) in [5.41, 5.74) is 1.01. The second-order valence-corrected chi connectivity index (χ2v) is 6.31. The standard InChI is InChI=1S/C20H25N5O/c1-16-23-18(15-19(24-16)25-13-5-6-14-25)21-11-12-22-20(26)10-9-17-7-3-2-4-8-17/h2-4,7-10,15H,5-6,11-14H2,1H3,(H,22,26)(H,21,23,24)/b10-9+. The second kappa shape index (κ2) is 8.99. The fourth-order valence-corrected chi connectivity index (χ4v) is 2.92. The molecule has 0 unspecified atom stereocenters. The van der Waals surface area contributed by atoms with Crippen molar-refractivity contribution >= 4 is 23.6 Å². The molecule has 26 heavy (non-hydrogen) atoms. The van der Waals surface area contributed by atoms with Crippen molar-refractivity contribution < 1.29 is 4.79 Å². The summed E-state index contributed by atoms with van der Waals surface area (Å²) in [5, 5.41) is 6.13. The van der Waals surface area contributed by atoms with E-state index in [1.807, 2.05) is 43.3 Å². The molecule has 1 aromatic carbocycles. The molecule has 1 aliphatic rings. The van der Waals surface area contributed by atoms with Crippen LogP contribution in [0.25, 0.3) is 6.08 Å². The molecule has 1 aliphatic heterocycles. The highest BCUT2D eigenvalue weighted by Gasteiger charge is 2.14. The molecule has 0 aliphatic carbocycles. The lowest BCUT2D eigenvalue weighted by molar-refractivity contribution is -0.116. The Bertz CT molecular complexity index is 754. The minimum atomic E-state index is -0.104. The van der Waals surface area contributed by atoms with Crippen molar-refractivity contribution in [2.24, 2.45) is 0 Å². The van der Waals surface area contributed by atoms with Gasteiger partial charge in [0.25, 0.3) is 0 Å². The van der Waals surface area contributed by atoms with E-state index in [2.05, 4.69) is 25.5 Å². The largest absolute Gasteiger partial charge is 0.368 e. The number of carbonyl (C=O) groups is 1. The van der Waals surface area contributed by atoms with Gasteiger partial charge in [-0.25, -0.2) is 9.97 Å². The first kappa shape index (κ1) is 17.9. The van der Waals surface area contributed by atoms with E-state index in [0.717, 1.165) is 36.1 Å². The molecule has 0 spiro atoms. The minimum Gasteiger partial charge on any atom is -0.368 e. The van der Waals surface area contributed by atoms with Crippen LogP contribution in [0.4, 0.5) is 11.6 Å². The van der Waals surface area contributed by atoms with Crippen molar-refractivity contribution in [1.29, 1.82) is 0 Å². The molecule has 1 saturated heterocycles. The van der Waals surface area contributed by atoms with Crippen molar-refractivity contribution in [2.45, 2.75) is 19.8 Å². The summed E-state index contributed by atoms with van der Waals surface area (Å²) in [6.07, 6.45) is 5.79. The SMILES string of the molecule is Cc1nc(NCCNC(=O)/C=C/c2ccccc2)cc(N2CCCC2)n1. The summed E-state index contributed by atoms with van der Waals surface area (Å²) in [4.78, 5) is 23.1. The van der Waals surface area contributed by atoms with Gasteiger partial charge in [-0.3, -0.25) is 4.79 Å². The van der Waals surface area contributed by atoms with Gasteiger partial charge in [-0.1, -0.05) is 30.3 Å². The average Bonchev–Trinajstić information content (AvgIpc) is 3.19. The lowest BCUT2D eigenvalue weighted by Crippen LogP contribution is -2.27. The summed E-state index contributed by atoms with van der Waals surface area (Å²) < 4.78 is 0. The zero-order valence-electron chi connectivity index (χ0n) is 15.1. The van der Waals surface area contributed by atoms with Gasteiger partial charge in [0, 0.05) is 38.3 Å². The predicted molar refractivity (Wildman–Crippen MR) is 105 cm³/mol. The molecule has 6 heteroatoms. The van der Waals surface area contributed by atoms with Gasteiger partial charge in [-0.15, -0.1) is 0 Å². The smallest absolute Gasteiger partial charge is 0.244 e. The first-order valence-corrected chi connectivity index (χ1v) is 9.06. The lowest BCUT2D eigenvalue weighted by Gasteiger charge is -2.17. The van der Waals surface area contributed by atoms with Crippen LogP contribution in [0.1, 0.15) is 24.2 Å². The van der Waals surface area contributed by atoms with Gasteiger partial charge in [-0.2, -0.15) is 0 Å². The first-order valence-electron chi connectivity index (χ1n) is 9.06. The van der Waals surface area contributed by atoms with Crippen LogP contribution in [-0.2, 0) is 4.79 Å². The Balaban J connectivity index is 1.44. The maximum absolute atomic E-state index is 11.9. The Kier molecular flexibility index (Phi) is 6.19. The Morgan fingerprint density at radius 2 is 1.92 bits per heavy atom. The highest BCUT2D eigenvalue weighted by Crippen LogP contribution is 2.20. The fourth-order valence-electron chi connectivity index (χ4n) is 2.92. The van der Waals surface area contributed by atoms with E-state index in [-0.39, 0.29) is 5.91 Å². The normalized spacial score (nSPS) is 14.0. The van der Waals surface area contributed by atoms with Crippen molar-refractivity contribution in [1.82, 2.24) is 15.3 Å². The van der Waals surface area contributed by atoms with Crippen molar-refractivity contribution in [3.63, 3.8) is 0 Å². The zero-order valence-corrected chi connectivity index (χ0v) is 15.1. The van der Waals surface area contributed by atoms with Gasteiger partial charge in [0.05, 0.1) is 0 Å². The van der Waals surface area contributed by atoms with E-state index in [9.17, 15) is 4.79 Å². The summed E-state index contributed by atoms with van der Waals surface area (Å²) in [7, 11) is 0. The molecule has 1 amide bonds. The number of hydrogen-bond acceptors (Lipinski definition) is 5. The number of nitrogens with one attached hydrogen (secondary N) is 2. The molecule has 0 bridgehead atoms. The minimum absolute atomic E-state index is 0.104. The molecule has 3 rings (SSSR count). The number of carbonyl (C=O) groups excluding carboxylic acids is 1. The van der Waals surface area contributed by atoms with E-state index in [0.29, 0.717) is 13.1 Å². The molecular formula is C20H25N5O. The summed E-state index contributed by atoms with van der Waals surface area (Å²) in [5.74, 6) is 2.43. The van der Waals surface area contributed by atoms with Crippen LogP contribution in [0, 0.1) is 6.92 Å². The van der Waals surface area contributed by atoms with Gasteiger partial charge < -0.3 is 15.5 Å². The van der Waals surface area contributed by atoms with E-state index >= 15 is 0 Å². The van der Waals surface area contributed by atoms with E-state index in [4.69, 9.17) is 0 Å². The van der Waals surface area contributed by atoms with Crippen LogP contribution in [0.5, 0.6) is 0 Å². The van der Waals surface area contributed by atoms with Gasteiger partial charge in [-0.05, 0) is 31.4 Å². The maximum Gasteiger partial charge on any atom is 0.244 e. The molecule has 2 aromatic rings. The van der Waals surface area contributed by atoms with E-state index in [1.54, 1.807) is 12.2 Å². The molecule has 6 nitrogen and oxygen atoms in total. The monoisotopic (exact) mass is 351 g/mol. The zero-order chi connectivity index (χ0) is 18.2. The number of benzene rings is 1. The van der Waals surface area contributed by atoms with E-state index < -0.39 is 0 Å². The average molecular weight is 351 g/mol. The fraction of sp³-hybridized carbons (Fsp3) is 0.350. The van der Waals surface area contributed by atoms with Gasteiger partial charge >= 0.3 is 0 Å². The van der Waals surface area contributed by atoms with E-state index in [1.165, 1.54) is 12.8 Å². The Morgan fingerprint density at radius 1 is 1.15 bits per heavy atom. The molecule has 0 radical (unpaired) electrons. The topological polar surface area (TPSA) is 70.2 Å². The van der Waals surface area contributed by atoms with Crippen LogP contribution in [0.2, 0.25) is 0 Å². The molecule has 1 aromatic heterocycles. The van der Waals surface area contributed by atoms with Gasteiger partial charge in [0.15, 0.2) is 0 Å².